The van der Waals surface area contributed by atoms with Gasteiger partial charge in [0.25, 0.3) is 0 Å². The van der Waals surface area contributed by atoms with Gasteiger partial charge in [-0.15, -0.1) is 0 Å². The van der Waals surface area contributed by atoms with E-state index in [2.05, 4.69) is 9.97 Å². The van der Waals surface area contributed by atoms with Crippen molar-refractivity contribution in [1.29, 1.82) is 0 Å². The number of fused-ring (bicyclic) bond motifs is 1. The summed E-state index contributed by atoms with van der Waals surface area (Å²) in [6.45, 7) is 2.17. The van der Waals surface area contributed by atoms with Crippen molar-refractivity contribution < 1.29 is 9.53 Å². The highest BCUT2D eigenvalue weighted by atomic mass is 16.5. The van der Waals surface area contributed by atoms with Crippen LogP contribution in [-0.2, 0) is 16.0 Å². The van der Waals surface area contributed by atoms with Crippen LogP contribution in [0.5, 0.6) is 0 Å². The molecule has 0 radical (unpaired) electrons. The minimum Gasteiger partial charge on any atom is -0.466 e. The zero-order valence-corrected chi connectivity index (χ0v) is 9.01. The number of benzene rings is 1. The molecule has 1 heterocycles. The number of carbonyl (C=O) groups is 1. The molecule has 0 saturated carbocycles. The average Bonchev–Trinajstić information content (AvgIpc) is 2.29. The summed E-state index contributed by atoms with van der Waals surface area (Å²) in [6.07, 6.45) is 1.78. The Morgan fingerprint density at radius 1 is 1.31 bits per heavy atom. The van der Waals surface area contributed by atoms with E-state index in [9.17, 15) is 4.79 Å². The van der Waals surface area contributed by atoms with E-state index in [0.717, 1.165) is 11.0 Å². The van der Waals surface area contributed by atoms with Gasteiger partial charge in [0.1, 0.15) is 0 Å². The fourth-order valence-corrected chi connectivity index (χ4v) is 1.44. The molecule has 16 heavy (non-hydrogen) atoms. The van der Waals surface area contributed by atoms with Gasteiger partial charge in [0, 0.05) is 6.20 Å². The van der Waals surface area contributed by atoms with Crippen LogP contribution in [0.25, 0.3) is 11.0 Å². The molecule has 2 aromatic rings. The van der Waals surface area contributed by atoms with E-state index in [4.69, 9.17) is 4.74 Å². The molecule has 0 fully saturated rings. The van der Waals surface area contributed by atoms with Gasteiger partial charge in [-0.05, 0) is 19.1 Å². The molecule has 0 amide bonds. The first-order valence-electron chi connectivity index (χ1n) is 5.16. The van der Waals surface area contributed by atoms with Crippen molar-refractivity contribution in [2.75, 3.05) is 6.61 Å². The van der Waals surface area contributed by atoms with Crippen LogP contribution < -0.4 is 0 Å². The van der Waals surface area contributed by atoms with E-state index in [0.29, 0.717) is 12.3 Å². The van der Waals surface area contributed by atoms with E-state index in [1.807, 2.05) is 24.3 Å². The third-order valence-corrected chi connectivity index (χ3v) is 2.13. The number of hydrogen-bond acceptors (Lipinski definition) is 4. The second-order valence-corrected chi connectivity index (χ2v) is 3.33. The van der Waals surface area contributed by atoms with Crippen LogP contribution in [0.1, 0.15) is 12.6 Å². The van der Waals surface area contributed by atoms with Gasteiger partial charge in [-0.1, -0.05) is 12.1 Å². The Morgan fingerprint density at radius 3 is 2.81 bits per heavy atom. The number of aromatic nitrogens is 2. The van der Waals surface area contributed by atoms with Gasteiger partial charge in [-0.2, -0.15) is 0 Å². The summed E-state index contributed by atoms with van der Waals surface area (Å²) in [5, 5.41) is 0. The number of hydrogen-bond donors (Lipinski definition) is 0. The van der Waals surface area contributed by atoms with E-state index in [1.165, 1.54) is 0 Å². The Bertz CT molecular complexity index is 511. The van der Waals surface area contributed by atoms with Gasteiger partial charge in [-0.3, -0.25) is 9.78 Å². The van der Waals surface area contributed by atoms with Crippen molar-refractivity contribution >= 4 is 17.0 Å². The Balaban J connectivity index is 2.22. The predicted molar refractivity (Wildman–Crippen MR) is 59.9 cm³/mol. The van der Waals surface area contributed by atoms with Crippen LogP contribution in [0.4, 0.5) is 0 Å². The van der Waals surface area contributed by atoms with Crippen LogP contribution in [0, 0.1) is 0 Å². The van der Waals surface area contributed by atoms with Crippen molar-refractivity contribution in [2.45, 2.75) is 13.3 Å². The minimum atomic E-state index is -0.271. The molecule has 2 rings (SSSR count). The van der Waals surface area contributed by atoms with Crippen LogP contribution in [-0.4, -0.2) is 22.5 Å². The second-order valence-electron chi connectivity index (χ2n) is 3.33. The monoisotopic (exact) mass is 216 g/mol. The molecule has 1 aromatic carbocycles. The molecule has 82 valence electrons. The number of nitrogens with zero attached hydrogens (tertiary/aromatic N) is 2. The number of carbonyl (C=O) groups excluding carboxylic acids is 1. The van der Waals surface area contributed by atoms with Gasteiger partial charge < -0.3 is 4.74 Å². The molecule has 0 bridgehead atoms. The fraction of sp³-hybridized carbons (Fsp3) is 0.250. The van der Waals surface area contributed by atoms with Crippen LogP contribution in [0.2, 0.25) is 0 Å². The predicted octanol–water partition coefficient (Wildman–Crippen LogP) is 1.74. The first-order chi connectivity index (χ1) is 7.79. The average molecular weight is 216 g/mol. The molecule has 0 atom stereocenters. The maximum Gasteiger partial charge on any atom is 0.311 e. The van der Waals surface area contributed by atoms with E-state index < -0.39 is 0 Å². The molecular weight excluding hydrogens is 204 g/mol. The van der Waals surface area contributed by atoms with Crippen molar-refractivity contribution in [3.63, 3.8) is 0 Å². The first-order valence-corrected chi connectivity index (χ1v) is 5.16. The maximum absolute atomic E-state index is 11.3. The summed E-state index contributed by atoms with van der Waals surface area (Å²) in [5.74, 6) is -0.271. The van der Waals surface area contributed by atoms with Crippen LogP contribution >= 0.6 is 0 Å². The fourth-order valence-electron chi connectivity index (χ4n) is 1.44. The van der Waals surface area contributed by atoms with E-state index >= 15 is 0 Å². The lowest BCUT2D eigenvalue weighted by Gasteiger charge is -2.02. The Kier molecular flexibility index (Phi) is 3.10. The molecule has 0 N–H and O–H groups in total. The molecule has 0 aliphatic heterocycles. The summed E-state index contributed by atoms with van der Waals surface area (Å²) < 4.78 is 4.85. The van der Waals surface area contributed by atoms with E-state index in [1.54, 1.807) is 13.1 Å². The highest BCUT2D eigenvalue weighted by Gasteiger charge is 2.06. The van der Waals surface area contributed by atoms with Crippen molar-refractivity contribution in [3.05, 3.63) is 36.2 Å². The molecule has 4 nitrogen and oxygen atoms in total. The summed E-state index contributed by atoms with van der Waals surface area (Å²) >= 11 is 0. The maximum atomic E-state index is 11.3. The zero-order chi connectivity index (χ0) is 11.4. The standard InChI is InChI=1S/C12H12N2O2/c1-2-16-12(15)7-9-8-13-10-5-3-4-6-11(10)14-9/h3-6,8H,2,7H2,1H3. The highest BCUT2D eigenvalue weighted by molar-refractivity contribution is 5.76. The van der Waals surface area contributed by atoms with Crippen molar-refractivity contribution in [3.8, 4) is 0 Å². The summed E-state index contributed by atoms with van der Waals surface area (Å²) in [5.41, 5.74) is 2.26. The lowest BCUT2D eigenvalue weighted by Crippen LogP contribution is -2.09. The Hall–Kier alpha value is -1.97. The minimum absolute atomic E-state index is 0.172. The lowest BCUT2D eigenvalue weighted by atomic mass is 10.2. The Labute approximate surface area is 93.3 Å². The molecule has 4 heteroatoms. The number of rotatable bonds is 3. The summed E-state index contributed by atoms with van der Waals surface area (Å²) in [7, 11) is 0. The highest BCUT2D eigenvalue weighted by Crippen LogP contribution is 2.08. The molecule has 0 aliphatic carbocycles. The topological polar surface area (TPSA) is 52.1 Å². The van der Waals surface area contributed by atoms with Crippen molar-refractivity contribution in [2.24, 2.45) is 0 Å². The summed E-state index contributed by atoms with van der Waals surface area (Å²) in [6, 6.07) is 7.56. The third kappa shape index (κ3) is 2.34. The lowest BCUT2D eigenvalue weighted by molar-refractivity contribution is -0.142. The second kappa shape index (κ2) is 4.70. The number of para-hydroxylation sites is 2. The van der Waals surface area contributed by atoms with Crippen LogP contribution in [0.3, 0.4) is 0 Å². The smallest absolute Gasteiger partial charge is 0.311 e. The molecule has 0 spiro atoms. The summed E-state index contributed by atoms with van der Waals surface area (Å²) in [4.78, 5) is 19.8. The third-order valence-electron chi connectivity index (χ3n) is 2.13. The van der Waals surface area contributed by atoms with Gasteiger partial charge in [-0.25, -0.2) is 4.98 Å². The first kappa shape index (κ1) is 10.5. The number of ether oxygens (including phenoxy) is 1. The quantitative estimate of drug-likeness (QED) is 0.733. The van der Waals surface area contributed by atoms with Crippen molar-refractivity contribution in [1.82, 2.24) is 9.97 Å². The molecule has 0 unspecified atom stereocenters. The SMILES string of the molecule is CCOC(=O)Cc1cnc2ccccc2n1. The number of esters is 1. The Morgan fingerprint density at radius 2 is 2.06 bits per heavy atom. The van der Waals surface area contributed by atoms with Gasteiger partial charge in [0.15, 0.2) is 0 Å². The van der Waals surface area contributed by atoms with Crippen LogP contribution in [0.15, 0.2) is 30.5 Å². The van der Waals surface area contributed by atoms with Gasteiger partial charge >= 0.3 is 5.97 Å². The van der Waals surface area contributed by atoms with Gasteiger partial charge in [0.2, 0.25) is 0 Å². The molecular formula is C12H12N2O2. The largest absolute Gasteiger partial charge is 0.466 e. The van der Waals surface area contributed by atoms with E-state index in [-0.39, 0.29) is 12.4 Å². The molecule has 1 aromatic heterocycles. The normalized spacial score (nSPS) is 10.3. The molecule has 0 aliphatic rings. The van der Waals surface area contributed by atoms with Gasteiger partial charge in [0.05, 0.1) is 29.8 Å². The zero-order valence-electron chi connectivity index (χ0n) is 9.01. The molecule has 0 saturated heterocycles.